The molecule has 5 heteroatoms. The number of likely N-dealkylation sites (tertiary alicyclic amines) is 1. The number of aromatic nitrogens is 1. The number of amides is 1. The van der Waals surface area contributed by atoms with Gasteiger partial charge in [-0.05, 0) is 56.3 Å². The summed E-state index contributed by atoms with van der Waals surface area (Å²) in [6, 6.07) is 13.4. The molecule has 2 heterocycles. The van der Waals surface area contributed by atoms with Gasteiger partial charge in [0, 0.05) is 30.9 Å². The van der Waals surface area contributed by atoms with Crippen molar-refractivity contribution in [3.63, 3.8) is 0 Å². The fraction of sp³-hybridized carbons (Fsp3) is 0.368. The van der Waals surface area contributed by atoms with Crippen LogP contribution in [0.25, 0.3) is 0 Å². The Labute approximate surface area is 142 Å². The first-order valence-corrected chi connectivity index (χ1v) is 8.36. The molecular weight excluding hydrogens is 302 g/mol. The lowest BCUT2D eigenvalue weighted by atomic mass is 10.1. The Morgan fingerprint density at radius 1 is 1.29 bits per heavy atom. The van der Waals surface area contributed by atoms with Gasteiger partial charge in [0.1, 0.15) is 12.4 Å². The van der Waals surface area contributed by atoms with E-state index in [1.165, 1.54) is 0 Å². The summed E-state index contributed by atoms with van der Waals surface area (Å²) in [6.07, 6.45) is 3.89. The lowest BCUT2D eigenvalue weighted by Crippen LogP contribution is -2.40. The molecule has 3 rings (SSSR count). The highest BCUT2D eigenvalue weighted by molar-refractivity contribution is 5.94. The van der Waals surface area contributed by atoms with Crippen molar-refractivity contribution in [1.82, 2.24) is 15.2 Å². The van der Waals surface area contributed by atoms with Crippen molar-refractivity contribution in [3.05, 3.63) is 59.9 Å². The van der Waals surface area contributed by atoms with Gasteiger partial charge in [0.2, 0.25) is 0 Å². The molecule has 1 atom stereocenters. The number of likely N-dealkylation sites (N-methyl/N-ethyl adjacent to an activating group) is 1. The van der Waals surface area contributed by atoms with Gasteiger partial charge in [0.25, 0.3) is 5.91 Å². The highest BCUT2D eigenvalue weighted by Gasteiger charge is 2.28. The van der Waals surface area contributed by atoms with Crippen molar-refractivity contribution in [2.24, 2.45) is 0 Å². The first kappa shape index (κ1) is 16.5. The summed E-state index contributed by atoms with van der Waals surface area (Å²) in [6.45, 7) is 2.10. The van der Waals surface area contributed by atoms with Gasteiger partial charge in [-0.2, -0.15) is 0 Å². The first-order valence-electron chi connectivity index (χ1n) is 8.36. The lowest BCUT2D eigenvalue weighted by molar-refractivity contribution is 0.0737. The van der Waals surface area contributed by atoms with Crippen molar-refractivity contribution in [2.45, 2.75) is 25.5 Å². The second-order valence-electron chi connectivity index (χ2n) is 5.99. The Bertz CT molecular complexity index is 658. The maximum absolute atomic E-state index is 12.7. The summed E-state index contributed by atoms with van der Waals surface area (Å²) in [5.41, 5.74) is 1.59. The number of ether oxygens (including phenoxy) is 1. The quantitative estimate of drug-likeness (QED) is 0.886. The second kappa shape index (κ2) is 7.93. The minimum absolute atomic E-state index is 0.101. The van der Waals surface area contributed by atoms with Gasteiger partial charge in [-0.3, -0.25) is 9.78 Å². The van der Waals surface area contributed by atoms with Gasteiger partial charge in [0.05, 0.1) is 5.69 Å². The van der Waals surface area contributed by atoms with E-state index < -0.39 is 0 Å². The number of hydrogen-bond acceptors (Lipinski definition) is 4. The maximum Gasteiger partial charge on any atom is 0.254 e. The predicted octanol–water partition coefficient (Wildman–Crippen LogP) is 2.48. The molecule has 126 valence electrons. The number of nitrogens with zero attached hydrogens (tertiary/aromatic N) is 2. The molecule has 1 aromatic carbocycles. The van der Waals surface area contributed by atoms with Gasteiger partial charge < -0.3 is 15.0 Å². The molecular formula is C19H23N3O2. The fourth-order valence-electron chi connectivity index (χ4n) is 3.05. The van der Waals surface area contributed by atoms with E-state index >= 15 is 0 Å². The van der Waals surface area contributed by atoms with E-state index in [9.17, 15) is 4.79 Å². The Morgan fingerprint density at radius 3 is 2.83 bits per heavy atom. The summed E-state index contributed by atoms with van der Waals surface area (Å²) in [4.78, 5) is 18.9. The fourth-order valence-corrected chi connectivity index (χ4v) is 3.05. The third kappa shape index (κ3) is 3.92. The monoisotopic (exact) mass is 325 g/mol. The molecule has 5 nitrogen and oxygen atoms in total. The van der Waals surface area contributed by atoms with Crippen molar-refractivity contribution in [3.8, 4) is 5.75 Å². The van der Waals surface area contributed by atoms with E-state index in [2.05, 4.69) is 10.3 Å². The first-order chi connectivity index (χ1) is 11.8. The van der Waals surface area contributed by atoms with Crippen LogP contribution in [-0.4, -0.2) is 42.0 Å². The van der Waals surface area contributed by atoms with Crippen LogP contribution >= 0.6 is 0 Å². The van der Waals surface area contributed by atoms with Crippen molar-refractivity contribution in [2.75, 3.05) is 20.1 Å². The molecule has 1 aromatic heterocycles. The maximum atomic E-state index is 12.7. The standard InChI is InChI=1S/C19H23N3O2/c1-20-13-17-6-4-12-22(17)19(23)15-7-9-18(10-8-15)24-14-16-5-2-3-11-21-16/h2-3,5,7-11,17,20H,4,6,12-14H2,1H3/t17-/m0/s1. The van der Waals surface area contributed by atoms with Crippen LogP contribution in [0.1, 0.15) is 28.9 Å². The van der Waals surface area contributed by atoms with Crippen LogP contribution < -0.4 is 10.1 Å². The topological polar surface area (TPSA) is 54.5 Å². The number of benzene rings is 1. The van der Waals surface area contributed by atoms with Crippen LogP contribution in [0.4, 0.5) is 0 Å². The van der Waals surface area contributed by atoms with E-state index in [0.717, 1.165) is 37.4 Å². The minimum Gasteiger partial charge on any atom is -0.487 e. The van der Waals surface area contributed by atoms with Crippen LogP contribution in [0.2, 0.25) is 0 Å². The summed E-state index contributed by atoms with van der Waals surface area (Å²) < 4.78 is 5.71. The highest BCUT2D eigenvalue weighted by atomic mass is 16.5. The number of hydrogen-bond donors (Lipinski definition) is 1. The largest absolute Gasteiger partial charge is 0.487 e. The average Bonchev–Trinajstić information content (AvgIpc) is 3.09. The molecule has 2 aromatic rings. The van der Waals surface area contributed by atoms with Gasteiger partial charge >= 0.3 is 0 Å². The Morgan fingerprint density at radius 2 is 2.12 bits per heavy atom. The van der Waals surface area contributed by atoms with Gasteiger partial charge in [-0.25, -0.2) is 0 Å². The third-order valence-electron chi connectivity index (χ3n) is 4.29. The zero-order valence-electron chi connectivity index (χ0n) is 13.9. The number of carbonyl (C=O) groups excluding carboxylic acids is 1. The molecule has 0 radical (unpaired) electrons. The number of pyridine rings is 1. The number of rotatable bonds is 6. The molecule has 1 saturated heterocycles. The van der Waals surface area contributed by atoms with E-state index in [1.807, 2.05) is 54.4 Å². The Kier molecular flexibility index (Phi) is 5.43. The van der Waals surface area contributed by atoms with E-state index in [4.69, 9.17) is 4.74 Å². The SMILES string of the molecule is CNC[C@@H]1CCCN1C(=O)c1ccc(OCc2ccccn2)cc1. The normalized spacial score (nSPS) is 17.0. The van der Waals surface area contributed by atoms with Crippen LogP contribution in [0, 0.1) is 0 Å². The summed E-state index contributed by atoms with van der Waals surface area (Å²) in [5.74, 6) is 0.842. The smallest absolute Gasteiger partial charge is 0.254 e. The highest BCUT2D eigenvalue weighted by Crippen LogP contribution is 2.21. The van der Waals surface area contributed by atoms with Gasteiger partial charge in [-0.1, -0.05) is 6.07 Å². The average molecular weight is 325 g/mol. The molecule has 1 amide bonds. The van der Waals surface area contributed by atoms with E-state index in [0.29, 0.717) is 18.2 Å². The van der Waals surface area contributed by atoms with Gasteiger partial charge in [-0.15, -0.1) is 0 Å². The molecule has 0 aliphatic carbocycles. The molecule has 0 unspecified atom stereocenters. The minimum atomic E-state index is 0.101. The second-order valence-corrected chi connectivity index (χ2v) is 5.99. The van der Waals surface area contributed by atoms with Crippen LogP contribution in [0.5, 0.6) is 5.75 Å². The van der Waals surface area contributed by atoms with Gasteiger partial charge in [0.15, 0.2) is 0 Å². The number of nitrogens with one attached hydrogen (secondary N) is 1. The number of carbonyl (C=O) groups is 1. The molecule has 1 aliphatic heterocycles. The van der Waals surface area contributed by atoms with Crippen LogP contribution in [0.15, 0.2) is 48.7 Å². The Hall–Kier alpha value is -2.40. The molecule has 24 heavy (non-hydrogen) atoms. The summed E-state index contributed by atoms with van der Waals surface area (Å²) in [7, 11) is 1.93. The van der Waals surface area contributed by atoms with E-state index in [1.54, 1.807) is 6.20 Å². The van der Waals surface area contributed by atoms with Crippen molar-refractivity contribution in [1.29, 1.82) is 0 Å². The Balaban J connectivity index is 1.60. The summed E-state index contributed by atoms with van der Waals surface area (Å²) in [5, 5.41) is 3.17. The van der Waals surface area contributed by atoms with E-state index in [-0.39, 0.29) is 5.91 Å². The molecule has 1 fully saturated rings. The third-order valence-corrected chi connectivity index (χ3v) is 4.29. The molecule has 1 aliphatic rings. The molecule has 0 saturated carbocycles. The zero-order valence-corrected chi connectivity index (χ0v) is 13.9. The molecule has 0 bridgehead atoms. The summed E-state index contributed by atoms with van der Waals surface area (Å²) >= 11 is 0. The predicted molar refractivity (Wildman–Crippen MR) is 93.0 cm³/mol. The van der Waals surface area contributed by atoms with Crippen molar-refractivity contribution >= 4 is 5.91 Å². The molecule has 1 N–H and O–H groups in total. The zero-order chi connectivity index (χ0) is 16.8. The van der Waals surface area contributed by atoms with Crippen molar-refractivity contribution < 1.29 is 9.53 Å². The molecule has 0 spiro atoms. The van der Waals surface area contributed by atoms with Crippen LogP contribution in [-0.2, 0) is 6.61 Å². The lowest BCUT2D eigenvalue weighted by Gasteiger charge is -2.24. The van der Waals surface area contributed by atoms with Crippen LogP contribution in [0.3, 0.4) is 0 Å².